The minimum Gasteiger partial charge on any atom is -0.506 e. The Balaban J connectivity index is 1.55. The Morgan fingerprint density at radius 2 is 1.97 bits per heavy atom. The molecule has 8 nitrogen and oxygen atoms in total. The number of amides is 1. The van der Waals surface area contributed by atoms with Crippen molar-refractivity contribution in [2.45, 2.75) is 6.92 Å². The zero-order chi connectivity index (χ0) is 24.0. The van der Waals surface area contributed by atoms with E-state index in [0.717, 1.165) is 5.56 Å². The molecule has 1 amide bonds. The molecule has 2 aromatic carbocycles. The zero-order valence-corrected chi connectivity index (χ0v) is 19.1. The van der Waals surface area contributed by atoms with E-state index < -0.39 is 5.82 Å². The fourth-order valence-electron chi connectivity index (χ4n) is 3.60. The average Bonchev–Trinajstić information content (AvgIpc) is 3.27. The minimum atomic E-state index is -0.799. The maximum atomic E-state index is 14.5. The van der Waals surface area contributed by atoms with Crippen LogP contribution in [0.15, 0.2) is 48.2 Å². The van der Waals surface area contributed by atoms with Crippen molar-refractivity contribution in [1.29, 1.82) is 0 Å². The quantitative estimate of drug-likeness (QED) is 0.239. The summed E-state index contributed by atoms with van der Waals surface area (Å²) in [6, 6.07) is 8.06. The number of nitrogens with two attached hydrogens (primary N) is 1. The van der Waals surface area contributed by atoms with E-state index in [2.05, 4.69) is 25.6 Å². The number of benzene rings is 2. The summed E-state index contributed by atoms with van der Waals surface area (Å²) in [5.41, 5.74) is 8.22. The first kappa shape index (κ1) is 21.8. The van der Waals surface area contributed by atoms with Crippen molar-refractivity contribution < 1.29 is 14.3 Å². The normalized spacial score (nSPS) is 11.1. The molecular formula is C23H16ClFN6O2S. The van der Waals surface area contributed by atoms with Crippen LogP contribution in [0.1, 0.15) is 15.9 Å². The number of carbonyl (C=O) groups is 1. The summed E-state index contributed by atoms with van der Waals surface area (Å²) in [4.78, 5) is 25.7. The third kappa shape index (κ3) is 3.62. The van der Waals surface area contributed by atoms with E-state index in [1.807, 2.05) is 19.1 Å². The van der Waals surface area contributed by atoms with E-state index in [4.69, 9.17) is 17.3 Å². The maximum absolute atomic E-state index is 14.5. The van der Waals surface area contributed by atoms with Gasteiger partial charge in [0.15, 0.2) is 5.82 Å². The molecule has 0 saturated carbocycles. The van der Waals surface area contributed by atoms with Crippen molar-refractivity contribution in [2.75, 3.05) is 16.4 Å². The Kier molecular flexibility index (Phi) is 5.39. The molecule has 5 N–H and O–H groups in total. The number of phenols is 1. The number of aromatic nitrogens is 3. The van der Waals surface area contributed by atoms with Gasteiger partial charge in [-0.15, -0.1) is 11.3 Å². The van der Waals surface area contributed by atoms with E-state index in [9.17, 15) is 14.3 Å². The predicted molar refractivity (Wildman–Crippen MR) is 133 cm³/mol. The summed E-state index contributed by atoms with van der Waals surface area (Å²) in [5.74, 6) is -0.826. The van der Waals surface area contributed by atoms with E-state index in [-0.39, 0.29) is 22.4 Å². The van der Waals surface area contributed by atoms with Crippen LogP contribution in [0, 0.1) is 12.7 Å². The van der Waals surface area contributed by atoms with Gasteiger partial charge in [0.2, 0.25) is 0 Å². The molecule has 0 aliphatic heterocycles. The molecule has 0 aliphatic rings. The van der Waals surface area contributed by atoms with Gasteiger partial charge >= 0.3 is 0 Å². The SMILES string of the molecule is Cc1ccc2c(Nc3ccc(O)c(Cl)c3F)nccc2c1NC(=O)c1csc2c(N)ncnc12. The third-order valence-corrected chi connectivity index (χ3v) is 6.68. The Hall–Kier alpha value is -4.02. The molecule has 170 valence electrons. The molecule has 34 heavy (non-hydrogen) atoms. The number of pyridine rings is 1. The lowest BCUT2D eigenvalue weighted by atomic mass is 10.0. The van der Waals surface area contributed by atoms with Crippen LogP contribution in [-0.4, -0.2) is 26.0 Å². The summed E-state index contributed by atoms with van der Waals surface area (Å²) in [7, 11) is 0. The minimum absolute atomic E-state index is 0.0518. The molecule has 5 rings (SSSR count). The van der Waals surface area contributed by atoms with Crippen LogP contribution in [0.5, 0.6) is 5.75 Å². The third-order valence-electron chi connectivity index (χ3n) is 5.33. The number of carbonyl (C=O) groups excluding carboxylic acids is 1. The van der Waals surface area contributed by atoms with Gasteiger partial charge < -0.3 is 21.5 Å². The number of nitrogens with one attached hydrogen (secondary N) is 2. The first-order valence-corrected chi connectivity index (χ1v) is 11.2. The standard InChI is InChI=1S/C23H16ClFN6O2S/c1-10-2-3-12-11(6-7-27-22(12)30-14-4-5-15(32)16(24)17(14)25)18(10)31-23(33)13-8-34-20-19(13)28-9-29-21(20)26/h2-9,32H,1H3,(H,27,30)(H,31,33)(H2,26,28,29). The number of nitrogen functional groups attached to an aromatic ring is 1. The summed E-state index contributed by atoms with van der Waals surface area (Å²) in [5, 5.41) is 18.1. The van der Waals surface area contributed by atoms with Gasteiger partial charge in [0.25, 0.3) is 5.91 Å². The highest BCUT2D eigenvalue weighted by atomic mass is 35.5. The number of aromatic hydroxyl groups is 1. The molecule has 0 unspecified atom stereocenters. The molecule has 0 fully saturated rings. The number of fused-ring (bicyclic) bond motifs is 2. The van der Waals surface area contributed by atoms with Crippen LogP contribution in [0.25, 0.3) is 21.0 Å². The number of phenolic OH excluding ortho intramolecular Hbond substituents is 1. The lowest BCUT2D eigenvalue weighted by Gasteiger charge is -2.15. The fraction of sp³-hybridized carbons (Fsp3) is 0.0435. The summed E-state index contributed by atoms with van der Waals surface area (Å²) in [6.07, 6.45) is 2.87. The van der Waals surface area contributed by atoms with E-state index >= 15 is 0 Å². The van der Waals surface area contributed by atoms with Gasteiger partial charge in [-0.3, -0.25) is 4.79 Å². The number of hydrogen-bond donors (Lipinski definition) is 4. The molecule has 0 aliphatic carbocycles. The smallest absolute Gasteiger partial charge is 0.258 e. The molecular weight excluding hydrogens is 479 g/mol. The van der Waals surface area contributed by atoms with Crippen LogP contribution >= 0.6 is 22.9 Å². The first-order chi connectivity index (χ1) is 16.3. The van der Waals surface area contributed by atoms with Crippen molar-refractivity contribution in [1.82, 2.24) is 15.0 Å². The Morgan fingerprint density at radius 3 is 2.79 bits per heavy atom. The molecule has 0 saturated heterocycles. The second kappa shape index (κ2) is 8.40. The maximum Gasteiger partial charge on any atom is 0.258 e. The van der Waals surface area contributed by atoms with E-state index in [0.29, 0.717) is 43.9 Å². The fourth-order valence-corrected chi connectivity index (χ4v) is 4.67. The molecule has 5 aromatic rings. The van der Waals surface area contributed by atoms with E-state index in [1.165, 1.54) is 29.8 Å². The number of nitrogens with zero attached hydrogens (tertiary/aromatic N) is 3. The molecule has 0 bridgehead atoms. The lowest BCUT2D eigenvalue weighted by molar-refractivity contribution is 0.102. The number of halogens is 2. The number of thiophene rings is 1. The van der Waals surface area contributed by atoms with Gasteiger partial charge in [-0.05, 0) is 30.7 Å². The van der Waals surface area contributed by atoms with Gasteiger partial charge in [0.05, 0.1) is 27.2 Å². The summed E-state index contributed by atoms with van der Waals surface area (Å²) < 4.78 is 15.2. The predicted octanol–water partition coefficient (Wildman–Crippen LogP) is 5.62. The Morgan fingerprint density at radius 1 is 1.15 bits per heavy atom. The number of hydrogen-bond acceptors (Lipinski definition) is 8. The van der Waals surface area contributed by atoms with Crippen LogP contribution in [0.4, 0.5) is 27.4 Å². The monoisotopic (exact) mass is 494 g/mol. The lowest BCUT2D eigenvalue weighted by Crippen LogP contribution is -2.13. The molecule has 3 aromatic heterocycles. The molecule has 3 heterocycles. The van der Waals surface area contributed by atoms with Gasteiger partial charge in [-0.25, -0.2) is 19.3 Å². The molecule has 0 radical (unpaired) electrons. The Labute approximate surface area is 201 Å². The Bertz CT molecular complexity index is 1610. The van der Waals surface area contributed by atoms with Gasteiger partial charge in [0.1, 0.15) is 28.7 Å². The van der Waals surface area contributed by atoms with Gasteiger partial charge in [0, 0.05) is 22.3 Å². The van der Waals surface area contributed by atoms with Gasteiger partial charge in [-0.1, -0.05) is 23.7 Å². The van der Waals surface area contributed by atoms with Crippen molar-refractivity contribution >= 4 is 72.8 Å². The zero-order valence-electron chi connectivity index (χ0n) is 17.6. The van der Waals surface area contributed by atoms with Crippen molar-refractivity contribution in [3.63, 3.8) is 0 Å². The highest BCUT2D eigenvalue weighted by Crippen LogP contribution is 2.36. The number of rotatable bonds is 4. The molecule has 0 atom stereocenters. The average molecular weight is 495 g/mol. The van der Waals surface area contributed by atoms with Crippen molar-refractivity contribution in [2.24, 2.45) is 0 Å². The second-order valence-corrected chi connectivity index (χ2v) is 8.70. The van der Waals surface area contributed by atoms with Crippen LogP contribution in [0.2, 0.25) is 5.02 Å². The highest BCUT2D eigenvalue weighted by Gasteiger charge is 2.19. The largest absolute Gasteiger partial charge is 0.506 e. The van der Waals surface area contributed by atoms with E-state index in [1.54, 1.807) is 17.6 Å². The molecule has 11 heteroatoms. The van der Waals surface area contributed by atoms with Crippen LogP contribution < -0.4 is 16.4 Å². The van der Waals surface area contributed by atoms with Crippen molar-refractivity contribution in [3.8, 4) is 5.75 Å². The second-order valence-electron chi connectivity index (χ2n) is 7.44. The first-order valence-electron chi connectivity index (χ1n) is 9.96. The van der Waals surface area contributed by atoms with Crippen LogP contribution in [-0.2, 0) is 0 Å². The highest BCUT2D eigenvalue weighted by molar-refractivity contribution is 7.18. The molecule has 0 spiro atoms. The van der Waals surface area contributed by atoms with Crippen LogP contribution in [0.3, 0.4) is 0 Å². The number of anilines is 4. The summed E-state index contributed by atoms with van der Waals surface area (Å²) in [6.45, 7) is 1.87. The topological polar surface area (TPSA) is 126 Å². The van der Waals surface area contributed by atoms with Gasteiger partial charge in [-0.2, -0.15) is 0 Å². The van der Waals surface area contributed by atoms with Crippen molar-refractivity contribution in [3.05, 3.63) is 70.2 Å². The summed E-state index contributed by atoms with van der Waals surface area (Å²) >= 11 is 7.12. The number of aryl methyl sites for hydroxylation is 1.